The van der Waals surface area contributed by atoms with Gasteiger partial charge in [-0.25, -0.2) is 8.42 Å². The average molecular weight is 373 g/mol. The third-order valence-electron chi connectivity index (χ3n) is 2.88. The Balaban J connectivity index is 2.72. The van der Waals surface area contributed by atoms with E-state index in [0.717, 1.165) is 0 Å². The Kier molecular flexibility index (Phi) is 5.00. The van der Waals surface area contributed by atoms with Gasteiger partial charge in [-0.15, -0.1) is 11.6 Å². The molecule has 11 heteroatoms. The Hall–Kier alpha value is -2.72. The molecule has 2 aromatic rings. The van der Waals surface area contributed by atoms with Crippen LogP contribution in [-0.4, -0.2) is 23.5 Å². The fraction of sp³-hybridized carbons (Fsp3) is 0.0769. The van der Waals surface area contributed by atoms with Gasteiger partial charge in [0.15, 0.2) is 9.84 Å². The van der Waals surface area contributed by atoms with E-state index in [0.29, 0.717) is 12.1 Å². The molecule has 0 N–H and O–H groups in total. The summed E-state index contributed by atoms with van der Waals surface area (Å²) in [4.78, 5) is 19.9. The minimum atomic E-state index is -4.10. The molecule has 0 aliphatic carbocycles. The molecule has 0 saturated heterocycles. The summed E-state index contributed by atoms with van der Waals surface area (Å²) in [6.07, 6.45) is 0. The largest absolute Gasteiger partial charge is 0.444 e. The zero-order chi connectivity index (χ0) is 17.9. The van der Waals surface area contributed by atoms with E-state index >= 15 is 0 Å². The standard InChI is InChI=1S/C13H9ClN2O7S/c14-8-24(21,22)10-6-11(15(17)18)13(12(7-10)16(19)20)23-9-4-2-1-3-5-9/h1-7H,8H2. The van der Waals surface area contributed by atoms with E-state index in [9.17, 15) is 28.6 Å². The lowest BCUT2D eigenvalue weighted by molar-refractivity contribution is -0.396. The molecule has 0 aromatic heterocycles. The Labute approximate surface area is 140 Å². The van der Waals surface area contributed by atoms with Crippen molar-refractivity contribution in [2.75, 3.05) is 5.21 Å². The van der Waals surface area contributed by atoms with Crippen LogP contribution in [0.1, 0.15) is 0 Å². The average Bonchev–Trinajstić information content (AvgIpc) is 2.55. The fourth-order valence-corrected chi connectivity index (χ4v) is 2.88. The van der Waals surface area contributed by atoms with Crippen LogP contribution >= 0.6 is 11.6 Å². The molecule has 0 aliphatic heterocycles. The number of nitro groups is 2. The lowest BCUT2D eigenvalue weighted by Crippen LogP contribution is -2.06. The van der Waals surface area contributed by atoms with Crippen LogP contribution in [0.15, 0.2) is 47.4 Å². The van der Waals surface area contributed by atoms with Crippen LogP contribution in [0.4, 0.5) is 11.4 Å². The van der Waals surface area contributed by atoms with Gasteiger partial charge in [-0.2, -0.15) is 0 Å². The number of ether oxygens (including phenoxy) is 1. The van der Waals surface area contributed by atoms with Gasteiger partial charge in [0.1, 0.15) is 11.0 Å². The Morgan fingerprint density at radius 3 is 1.92 bits per heavy atom. The third-order valence-corrected chi connectivity index (χ3v) is 4.99. The molecule has 0 atom stereocenters. The molecule has 9 nitrogen and oxygen atoms in total. The van der Waals surface area contributed by atoms with Crippen LogP contribution < -0.4 is 4.74 Å². The Morgan fingerprint density at radius 2 is 1.50 bits per heavy atom. The van der Waals surface area contributed by atoms with Gasteiger partial charge in [0.05, 0.1) is 14.7 Å². The van der Waals surface area contributed by atoms with Crippen LogP contribution in [0.5, 0.6) is 11.5 Å². The predicted octanol–water partition coefficient (Wildman–Crippen LogP) is 3.27. The second kappa shape index (κ2) is 6.81. The summed E-state index contributed by atoms with van der Waals surface area (Å²) in [7, 11) is -4.10. The summed E-state index contributed by atoms with van der Waals surface area (Å²) in [6, 6.07) is 9.05. The fourth-order valence-electron chi connectivity index (χ4n) is 1.80. The van der Waals surface area contributed by atoms with Crippen molar-refractivity contribution in [3.63, 3.8) is 0 Å². The number of para-hydroxylation sites is 1. The van der Waals surface area contributed by atoms with Crippen molar-refractivity contribution < 1.29 is 23.0 Å². The first-order chi connectivity index (χ1) is 11.3. The SMILES string of the molecule is O=[N+]([O-])c1cc(S(=O)(=O)CCl)cc([N+](=O)[O-])c1Oc1ccccc1. The number of halogens is 1. The highest BCUT2D eigenvalue weighted by Gasteiger charge is 2.32. The number of nitro benzene ring substituents is 2. The zero-order valence-electron chi connectivity index (χ0n) is 11.8. The van der Waals surface area contributed by atoms with E-state index in [4.69, 9.17) is 16.3 Å². The minimum absolute atomic E-state index is 0.122. The number of alkyl halides is 1. The van der Waals surface area contributed by atoms with E-state index in [2.05, 4.69) is 0 Å². The Bertz CT molecular complexity index is 865. The molecular weight excluding hydrogens is 364 g/mol. The maximum Gasteiger partial charge on any atom is 0.320 e. The van der Waals surface area contributed by atoms with Crippen molar-refractivity contribution in [3.05, 3.63) is 62.7 Å². The first kappa shape index (κ1) is 17.6. The zero-order valence-corrected chi connectivity index (χ0v) is 13.4. The van der Waals surface area contributed by atoms with Crippen molar-refractivity contribution in [1.29, 1.82) is 0 Å². The maximum absolute atomic E-state index is 11.8. The first-order valence-electron chi connectivity index (χ1n) is 6.24. The van der Waals surface area contributed by atoms with Gasteiger partial charge < -0.3 is 4.74 Å². The molecule has 0 fully saturated rings. The maximum atomic E-state index is 11.8. The topological polar surface area (TPSA) is 130 Å². The van der Waals surface area contributed by atoms with Crippen LogP contribution in [0, 0.1) is 20.2 Å². The second-order valence-corrected chi connectivity index (χ2v) is 7.02. The summed E-state index contributed by atoms with van der Waals surface area (Å²) in [6.45, 7) is 0. The lowest BCUT2D eigenvalue weighted by Gasteiger charge is -2.08. The van der Waals surface area contributed by atoms with E-state index < -0.39 is 46.9 Å². The highest BCUT2D eigenvalue weighted by atomic mass is 35.5. The van der Waals surface area contributed by atoms with E-state index in [1.807, 2.05) is 0 Å². The smallest absolute Gasteiger partial charge is 0.320 e. The van der Waals surface area contributed by atoms with Gasteiger partial charge in [0, 0.05) is 12.1 Å². The van der Waals surface area contributed by atoms with Crippen molar-refractivity contribution in [1.82, 2.24) is 0 Å². The van der Waals surface area contributed by atoms with Gasteiger partial charge in [0.2, 0.25) is 0 Å². The quantitative estimate of drug-likeness (QED) is 0.432. The number of sulfone groups is 1. The normalized spacial score (nSPS) is 11.0. The van der Waals surface area contributed by atoms with Crippen LogP contribution in [0.25, 0.3) is 0 Å². The number of hydrogen-bond acceptors (Lipinski definition) is 7. The highest BCUT2D eigenvalue weighted by molar-refractivity contribution is 7.92. The van der Waals surface area contributed by atoms with Crippen LogP contribution in [0.2, 0.25) is 0 Å². The lowest BCUT2D eigenvalue weighted by atomic mass is 10.2. The highest BCUT2D eigenvalue weighted by Crippen LogP contribution is 2.42. The Morgan fingerprint density at radius 1 is 1.00 bits per heavy atom. The monoisotopic (exact) mass is 372 g/mol. The van der Waals surface area contributed by atoms with Gasteiger partial charge >= 0.3 is 11.4 Å². The van der Waals surface area contributed by atoms with Crippen LogP contribution in [0.3, 0.4) is 0 Å². The summed E-state index contributed by atoms with van der Waals surface area (Å²) in [5.41, 5.74) is -1.70. The third kappa shape index (κ3) is 3.60. The number of nitrogens with zero attached hydrogens (tertiary/aromatic N) is 2. The molecule has 2 aromatic carbocycles. The van der Waals surface area contributed by atoms with Gasteiger partial charge in [0.25, 0.3) is 5.75 Å². The summed E-state index contributed by atoms with van der Waals surface area (Å²) < 4.78 is 28.9. The van der Waals surface area contributed by atoms with Crippen LogP contribution in [-0.2, 0) is 9.84 Å². The molecule has 0 bridgehead atoms. The molecule has 126 valence electrons. The molecule has 0 amide bonds. The van der Waals surface area contributed by atoms with Crippen molar-refractivity contribution in [2.45, 2.75) is 4.90 Å². The minimum Gasteiger partial charge on any atom is -0.444 e. The predicted molar refractivity (Wildman–Crippen MR) is 84.2 cm³/mol. The van der Waals surface area contributed by atoms with Crippen molar-refractivity contribution in [2.24, 2.45) is 0 Å². The first-order valence-corrected chi connectivity index (χ1v) is 8.43. The van der Waals surface area contributed by atoms with Crippen molar-refractivity contribution in [3.8, 4) is 11.5 Å². The summed E-state index contributed by atoms with van der Waals surface area (Å²) in [5.74, 6) is -0.540. The van der Waals surface area contributed by atoms with Gasteiger partial charge in [-0.05, 0) is 12.1 Å². The van der Waals surface area contributed by atoms with Gasteiger partial charge in [-0.3, -0.25) is 20.2 Å². The number of rotatable bonds is 6. The molecule has 0 spiro atoms. The molecular formula is C13H9ClN2O7S. The van der Waals surface area contributed by atoms with Crippen molar-refractivity contribution >= 4 is 32.8 Å². The molecule has 2 rings (SSSR count). The summed E-state index contributed by atoms with van der Waals surface area (Å²) in [5, 5.41) is 21.6. The van der Waals surface area contributed by atoms with E-state index in [-0.39, 0.29) is 5.75 Å². The van der Waals surface area contributed by atoms with Gasteiger partial charge in [-0.1, -0.05) is 18.2 Å². The molecule has 0 heterocycles. The molecule has 0 saturated carbocycles. The second-order valence-electron chi connectivity index (χ2n) is 4.44. The molecule has 0 unspecified atom stereocenters. The molecule has 24 heavy (non-hydrogen) atoms. The number of hydrogen-bond donors (Lipinski definition) is 0. The van der Waals surface area contributed by atoms with E-state index in [1.54, 1.807) is 18.2 Å². The summed E-state index contributed by atoms with van der Waals surface area (Å²) >= 11 is 5.30. The van der Waals surface area contributed by atoms with E-state index in [1.165, 1.54) is 12.1 Å². The molecule has 0 aliphatic rings. The number of benzene rings is 2. The molecule has 0 radical (unpaired) electrons.